The Kier molecular flexibility index (Phi) is 8.37. The van der Waals surface area contributed by atoms with Crippen LogP contribution >= 0.6 is 0 Å². The number of aliphatic imine (C=N–C) groups is 1. The van der Waals surface area contributed by atoms with E-state index in [9.17, 15) is 0 Å². The summed E-state index contributed by atoms with van der Waals surface area (Å²) in [6, 6.07) is 10.6. The number of hydrogen-bond acceptors (Lipinski definition) is 3. The SMILES string of the molecule is CCNC(=NCCCn1cccn1)NCCCOC1CCCc2ccccc21. The molecule has 152 valence electrons. The van der Waals surface area contributed by atoms with Gasteiger partial charge in [0, 0.05) is 45.2 Å². The molecule has 1 atom stereocenters. The van der Waals surface area contributed by atoms with Crippen molar-refractivity contribution in [1.29, 1.82) is 0 Å². The summed E-state index contributed by atoms with van der Waals surface area (Å²) >= 11 is 0. The van der Waals surface area contributed by atoms with Crippen LogP contribution < -0.4 is 10.6 Å². The van der Waals surface area contributed by atoms with E-state index in [2.05, 4.69) is 51.9 Å². The first-order valence-electron chi connectivity index (χ1n) is 10.6. The first kappa shape index (κ1) is 20.4. The van der Waals surface area contributed by atoms with E-state index in [4.69, 9.17) is 4.74 Å². The molecule has 1 aromatic carbocycles. The Labute approximate surface area is 168 Å². The minimum Gasteiger partial charge on any atom is -0.373 e. The van der Waals surface area contributed by atoms with Crippen LogP contribution in [0.5, 0.6) is 0 Å². The molecule has 1 unspecified atom stereocenters. The molecule has 0 aliphatic heterocycles. The minimum atomic E-state index is 0.258. The van der Waals surface area contributed by atoms with E-state index in [1.54, 1.807) is 0 Å². The van der Waals surface area contributed by atoms with Crippen LogP contribution in [0, 0.1) is 0 Å². The average molecular weight is 384 g/mol. The maximum absolute atomic E-state index is 6.18. The van der Waals surface area contributed by atoms with Crippen LogP contribution in [-0.4, -0.2) is 42.0 Å². The van der Waals surface area contributed by atoms with Crippen molar-refractivity contribution < 1.29 is 4.74 Å². The molecule has 2 N–H and O–H groups in total. The van der Waals surface area contributed by atoms with Crippen molar-refractivity contribution in [2.75, 3.05) is 26.2 Å². The molecule has 0 spiro atoms. The molecule has 0 fully saturated rings. The second-order valence-corrected chi connectivity index (χ2v) is 7.11. The number of guanidine groups is 1. The van der Waals surface area contributed by atoms with Crippen molar-refractivity contribution in [3.05, 3.63) is 53.9 Å². The van der Waals surface area contributed by atoms with Gasteiger partial charge in [0.25, 0.3) is 0 Å². The van der Waals surface area contributed by atoms with Gasteiger partial charge >= 0.3 is 0 Å². The van der Waals surface area contributed by atoms with Crippen molar-refractivity contribution in [2.24, 2.45) is 4.99 Å². The summed E-state index contributed by atoms with van der Waals surface area (Å²) in [5.41, 5.74) is 2.84. The molecule has 6 heteroatoms. The summed E-state index contributed by atoms with van der Waals surface area (Å²) in [5, 5.41) is 10.9. The van der Waals surface area contributed by atoms with Crippen molar-refractivity contribution in [2.45, 2.75) is 51.7 Å². The standard InChI is InChI=1S/C22H33N5O/c1-2-23-22(24-13-6-16-27-17-7-15-26-27)25-14-8-18-28-21-12-5-10-19-9-3-4-11-20(19)21/h3-4,7,9,11,15,17,21H,2,5-6,8,10,12-14,16,18H2,1H3,(H2,23,24,25). The highest BCUT2D eigenvalue weighted by Gasteiger charge is 2.19. The van der Waals surface area contributed by atoms with E-state index in [0.717, 1.165) is 58.0 Å². The number of nitrogens with one attached hydrogen (secondary N) is 2. The minimum absolute atomic E-state index is 0.258. The highest BCUT2D eigenvalue weighted by atomic mass is 16.5. The van der Waals surface area contributed by atoms with Crippen LogP contribution in [0.4, 0.5) is 0 Å². The predicted octanol–water partition coefficient (Wildman–Crippen LogP) is 3.31. The number of aromatic nitrogens is 2. The number of ether oxygens (including phenoxy) is 1. The Morgan fingerprint density at radius 3 is 3.04 bits per heavy atom. The third-order valence-corrected chi connectivity index (χ3v) is 4.97. The lowest BCUT2D eigenvalue weighted by atomic mass is 9.89. The summed E-state index contributed by atoms with van der Waals surface area (Å²) in [6.45, 7) is 6.26. The van der Waals surface area contributed by atoms with Gasteiger partial charge in [-0.2, -0.15) is 5.10 Å². The molecule has 6 nitrogen and oxygen atoms in total. The molecule has 1 aromatic heterocycles. The van der Waals surface area contributed by atoms with Gasteiger partial charge in [-0.3, -0.25) is 9.67 Å². The highest BCUT2D eigenvalue weighted by molar-refractivity contribution is 5.79. The molecular weight excluding hydrogens is 350 g/mol. The van der Waals surface area contributed by atoms with Crippen LogP contribution in [0.25, 0.3) is 0 Å². The number of rotatable bonds is 10. The number of hydrogen-bond donors (Lipinski definition) is 2. The van der Waals surface area contributed by atoms with Gasteiger partial charge < -0.3 is 15.4 Å². The van der Waals surface area contributed by atoms with Crippen molar-refractivity contribution in [3.8, 4) is 0 Å². The van der Waals surface area contributed by atoms with Gasteiger partial charge in [0.2, 0.25) is 0 Å². The van der Waals surface area contributed by atoms with Crippen LogP contribution in [0.2, 0.25) is 0 Å². The lowest BCUT2D eigenvalue weighted by molar-refractivity contribution is 0.0398. The first-order valence-corrected chi connectivity index (χ1v) is 10.6. The summed E-state index contributed by atoms with van der Waals surface area (Å²) in [6.07, 6.45) is 9.52. The van der Waals surface area contributed by atoms with Gasteiger partial charge in [-0.1, -0.05) is 24.3 Å². The van der Waals surface area contributed by atoms with Gasteiger partial charge in [0.15, 0.2) is 5.96 Å². The van der Waals surface area contributed by atoms with Gasteiger partial charge in [0.05, 0.1) is 6.10 Å². The summed E-state index contributed by atoms with van der Waals surface area (Å²) in [7, 11) is 0. The molecule has 1 heterocycles. The van der Waals surface area contributed by atoms with E-state index in [-0.39, 0.29) is 6.10 Å². The molecule has 1 aliphatic rings. The molecule has 1 aliphatic carbocycles. The fourth-order valence-corrected chi connectivity index (χ4v) is 3.59. The molecule has 3 rings (SSSR count). The topological polar surface area (TPSA) is 63.5 Å². The molecule has 0 radical (unpaired) electrons. The Balaban J connectivity index is 1.34. The summed E-state index contributed by atoms with van der Waals surface area (Å²) in [5.74, 6) is 0.881. The fourth-order valence-electron chi connectivity index (χ4n) is 3.59. The summed E-state index contributed by atoms with van der Waals surface area (Å²) < 4.78 is 8.12. The zero-order chi connectivity index (χ0) is 19.4. The lowest BCUT2D eigenvalue weighted by Gasteiger charge is -2.25. The molecule has 0 saturated carbocycles. The van der Waals surface area contributed by atoms with Crippen molar-refractivity contribution in [1.82, 2.24) is 20.4 Å². The van der Waals surface area contributed by atoms with Gasteiger partial charge in [-0.15, -0.1) is 0 Å². The monoisotopic (exact) mass is 383 g/mol. The number of fused-ring (bicyclic) bond motifs is 1. The normalized spacial score (nSPS) is 16.6. The fraction of sp³-hybridized carbons (Fsp3) is 0.545. The van der Waals surface area contributed by atoms with Gasteiger partial charge in [-0.25, -0.2) is 0 Å². The Morgan fingerprint density at radius 1 is 1.25 bits per heavy atom. The first-order chi connectivity index (χ1) is 13.9. The third kappa shape index (κ3) is 6.37. The largest absolute Gasteiger partial charge is 0.373 e. The zero-order valence-electron chi connectivity index (χ0n) is 16.9. The van der Waals surface area contributed by atoms with Gasteiger partial charge in [-0.05, 0) is 56.2 Å². The van der Waals surface area contributed by atoms with Crippen molar-refractivity contribution in [3.63, 3.8) is 0 Å². The van der Waals surface area contributed by atoms with E-state index >= 15 is 0 Å². The van der Waals surface area contributed by atoms with Gasteiger partial charge in [0.1, 0.15) is 0 Å². The highest BCUT2D eigenvalue weighted by Crippen LogP contribution is 2.32. The predicted molar refractivity (Wildman–Crippen MR) is 114 cm³/mol. The van der Waals surface area contributed by atoms with Crippen molar-refractivity contribution >= 4 is 5.96 Å². The molecule has 0 bridgehead atoms. The summed E-state index contributed by atoms with van der Waals surface area (Å²) in [4.78, 5) is 4.64. The average Bonchev–Trinajstić information content (AvgIpc) is 3.24. The number of benzene rings is 1. The van der Waals surface area contributed by atoms with Crippen LogP contribution in [-0.2, 0) is 17.7 Å². The van der Waals surface area contributed by atoms with E-state index in [0.29, 0.717) is 0 Å². The van der Waals surface area contributed by atoms with E-state index in [1.807, 2.05) is 23.1 Å². The Hall–Kier alpha value is -2.34. The maximum atomic E-state index is 6.18. The van der Waals surface area contributed by atoms with Crippen LogP contribution in [0.3, 0.4) is 0 Å². The third-order valence-electron chi connectivity index (χ3n) is 4.97. The molecule has 0 amide bonds. The zero-order valence-corrected chi connectivity index (χ0v) is 16.9. The second-order valence-electron chi connectivity index (χ2n) is 7.11. The Morgan fingerprint density at radius 2 is 2.18 bits per heavy atom. The molecular formula is C22H33N5O. The molecule has 2 aromatic rings. The second kappa shape index (κ2) is 11.5. The lowest BCUT2D eigenvalue weighted by Crippen LogP contribution is -2.38. The number of aryl methyl sites for hydroxylation is 2. The van der Waals surface area contributed by atoms with E-state index < -0.39 is 0 Å². The molecule has 28 heavy (non-hydrogen) atoms. The van der Waals surface area contributed by atoms with Crippen LogP contribution in [0.15, 0.2) is 47.7 Å². The van der Waals surface area contributed by atoms with E-state index in [1.165, 1.54) is 24.0 Å². The van der Waals surface area contributed by atoms with Crippen LogP contribution in [0.1, 0.15) is 49.8 Å². The Bertz CT molecular complexity index is 713. The smallest absolute Gasteiger partial charge is 0.191 e. The quantitative estimate of drug-likeness (QED) is 0.375. The maximum Gasteiger partial charge on any atom is 0.191 e. The molecule has 0 saturated heterocycles. The number of nitrogens with zero attached hydrogens (tertiary/aromatic N) is 3.